The number of pyridine rings is 1. The van der Waals surface area contributed by atoms with E-state index in [1.54, 1.807) is 18.5 Å². The minimum atomic E-state index is -0.614. The van der Waals surface area contributed by atoms with Crippen molar-refractivity contribution in [1.82, 2.24) is 9.47 Å². The van der Waals surface area contributed by atoms with Crippen LogP contribution in [0.3, 0.4) is 0 Å². The number of aromatic nitrogens is 1. The molecule has 3 rings (SSSR count). The average Bonchev–Trinajstić information content (AvgIpc) is 3.13. The van der Waals surface area contributed by atoms with Crippen LogP contribution in [0.15, 0.2) is 16.9 Å². The molecule has 2 saturated heterocycles. The van der Waals surface area contributed by atoms with Gasteiger partial charge in [0.05, 0.1) is 12.0 Å². The summed E-state index contributed by atoms with van der Waals surface area (Å²) in [5.74, 6) is -0.351. The van der Waals surface area contributed by atoms with Crippen LogP contribution in [-0.2, 0) is 16.6 Å². The first kappa shape index (κ1) is 17.7. The first-order chi connectivity index (χ1) is 11.9. The van der Waals surface area contributed by atoms with E-state index in [0.29, 0.717) is 25.1 Å². The smallest absolute Gasteiger partial charge is 0.314 e. The Morgan fingerprint density at radius 1 is 1.28 bits per heavy atom. The van der Waals surface area contributed by atoms with E-state index in [0.717, 1.165) is 18.5 Å². The zero-order valence-electron chi connectivity index (χ0n) is 15.4. The maximum Gasteiger partial charge on any atom is 0.314 e. The molecule has 136 valence electrons. The number of nitrogens with zero attached hydrogens (tertiary/aromatic N) is 2. The third-order valence-corrected chi connectivity index (χ3v) is 6.03. The van der Waals surface area contributed by atoms with Crippen molar-refractivity contribution in [2.45, 2.75) is 58.5 Å². The van der Waals surface area contributed by atoms with Crippen molar-refractivity contribution in [3.63, 3.8) is 0 Å². The van der Waals surface area contributed by atoms with E-state index in [1.807, 2.05) is 18.7 Å². The van der Waals surface area contributed by atoms with Crippen LogP contribution in [0.5, 0.6) is 0 Å². The second kappa shape index (κ2) is 6.32. The zero-order chi connectivity index (χ0) is 18.4. The minimum absolute atomic E-state index is 0.0393. The summed E-state index contributed by atoms with van der Waals surface area (Å²) in [4.78, 5) is 39.6. The quantitative estimate of drug-likeness (QED) is 0.782. The minimum Gasteiger partial charge on any atom is -0.466 e. The summed E-state index contributed by atoms with van der Waals surface area (Å²) < 4.78 is 7.09. The highest BCUT2D eigenvalue weighted by Gasteiger charge is 2.61. The lowest BCUT2D eigenvalue weighted by atomic mass is 9.72. The van der Waals surface area contributed by atoms with Crippen LogP contribution in [0.4, 0.5) is 0 Å². The van der Waals surface area contributed by atoms with Crippen LogP contribution in [0.25, 0.3) is 0 Å². The summed E-state index contributed by atoms with van der Waals surface area (Å²) >= 11 is 0. The Hall–Kier alpha value is -2.11. The number of esters is 1. The summed E-state index contributed by atoms with van der Waals surface area (Å²) in [5, 5.41) is 0. The lowest BCUT2D eigenvalue weighted by Gasteiger charge is -2.34. The van der Waals surface area contributed by atoms with Crippen LogP contribution < -0.4 is 5.43 Å². The molecule has 25 heavy (non-hydrogen) atoms. The van der Waals surface area contributed by atoms with Crippen molar-refractivity contribution >= 4 is 11.9 Å². The van der Waals surface area contributed by atoms with Gasteiger partial charge in [-0.1, -0.05) is 6.92 Å². The number of amides is 1. The maximum absolute atomic E-state index is 13.2. The Morgan fingerprint density at radius 2 is 2.00 bits per heavy atom. The molecule has 0 N–H and O–H groups in total. The van der Waals surface area contributed by atoms with Crippen LogP contribution >= 0.6 is 0 Å². The van der Waals surface area contributed by atoms with Gasteiger partial charge in [0.15, 0.2) is 5.43 Å². The number of hydrogen-bond acceptors (Lipinski definition) is 4. The van der Waals surface area contributed by atoms with Gasteiger partial charge in [-0.25, -0.2) is 0 Å². The van der Waals surface area contributed by atoms with Crippen LogP contribution in [0.2, 0.25) is 0 Å². The molecule has 1 amide bonds. The molecular formula is C19H26N2O4. The van der Waals surface area contributed by atoms with Crippen molar-refractivity contribution in [2.24, 2.45) is 12.5 Å². The summed E-state index contributed by atoms with van der Waals surface area (Å²) in [6, 6.07) is 2.80. The van der Waals surface area contributed by atoms with Gasteiger partial charge in [0.1, 0.15) is 5.69 Å². The molecular weight excluding hydrogens is 320 g/mol. The molecule has 0 saturated carbocycles. The number of rotatable bonds is 4. The van der Waals surface area contributed by atoms with Gasteiger partial charge < -0.3 is 14.2 Å². The van der Waals surface area contributed by atoms with Gasteiger partial charge in [-0.2, -0.15) is 0 Å². The van der Waals surface area contributed by atoms with E-state index >= 15 is 0 Å². The molecule has 0 spiro atoms. The molecule has 0 unspecified atom stereocenters. The number of carbonyl (C=O) groups is 2. The van der Waals surface area contributed by atoms with Crippen molar-refractivity contribution in [2.75, 3.05) is 6.61 Å². The van der Waals surface area contributed by atoms with Gasteiger partial charge in [-0.05, 0) is 39.5 Å². The van der Waals surface area contributed by atoms with Gasteiger partial charge >= 0.3 is 5.97 Å². The van der Waals surface area contributed by atoms with Gasteiger partial charge in [0.2, 0.25) is 0 Å². The standard InChI is InChI=1S/C19H26N2O4/c1-5-19(18(24)25-6-2)11-13-7-8-16(19)21(13)17(23)15-10-14(22)9-12(3)20(15)4/h9-10,13,16H,5-8,11H2,1-4H3/t13-,16+,19+/m1/s1. The topological polar surface area (TPSA) is 68.6 Å². The lowest BCUT2D eigenvalue weighted by molar-refractivity contribution is -0.157. The largest absolute Gasteiger partial charge is 0.466 e. The fraction of sp³-hybridized carbons (Fsp3) is 0.632. The molecule has 3 heterocycles. The third-order valence-electron chi connectivity index (χ3n) is 6.03. The summed E-state index contributed by atoms with van der Waals surface area (Å²) in [7, 11) is 1.79. The molecule has 6 nitrogen and oxygen atoms in total. The normalized spacial score (nSPS) is 27.6. The second-order valence-electron chi connectivity index (χ2n) is 7.17. The molecule has 0 aromatic carbocycles. The summed E-state index contributed by atoms with van der Waals surface area (Å²) in [5.41, 5.74) is 0.349. The molecule has 2 bridgehead atoms. The summed E-state index contributed by atoms with van der Waals surface area (Å²) in [6.07, 6.45) is 3.02. The van der Waals surface area contributed by atoms with E-state index in [9.17, 15) is 14.4 Å². The van der Waals surface area contributed by atoms with E-state index in [1.165, 1.54) is 12.1 Å². The SMILES string of the molecule is CCOC(=O)[C@@]1(CC)C[C@H]2CC[C@@H]1N2C(=O)c1cc(=O)cc(C)n1C. The predicted octanol–water partition coefficient (Wildman–Crippen LogP) is 2.03. The van der Waals surface area contributed by atoms with E-state index in [4.69, 9.17) is 4.74 Å². The third kappa shape index (κ3) is 2.58. The van der Waals surface area contributed by atoms with Crippen molar-refractivity contribution in [3.8, 4) is 0 Å². The van der Waals surface area contributed by atoms with Gasteiger partial charge in [-0.3, -0.25) is 14.4 Å². The number of hydrogen-bond donors (Lipinski definition) is 0. The van der Waals surface area contributed by atoms with Crippen LogP contribution in [-0.4, -0.2) is 40.0 Å². The van der Waals surface area contributed by atoms with Crippen molar-refractivity contribution in [3.05, 3.63) is 33.7 Å². The monoisotopic (exact) mass is 346 g/mol. The van der Waals surface area contributed by atoms with Crippen molar-refractivity contribution in [1.29, 1.82) is 0 Å². The zero-order valence-corrected chi connectivity index (χ0v) is 15.4. The van der Waals surface area contributed by atoms with Gasteiger partial charge in [0.25, 0.3) is 5.91 Å². The van der Waals surface area contributed by atoms with E-state index in [-0.39, 0.29) is 29.4 Å². The van der Waals surface area contributed by atoms with Crippen molar-refractivity contribution < 1.29 is 14.3 Å². The highest BCUT2D eigenvalue weighted by Crippen LogP contribution is 2.52. The maximum atomic E-state index is 13.2. The Bertz CT molecular complexity index is 769. The number of ether oxygens (including phenoxy) is 1. The predicted molar refractivity (Wildman–Crippen MR) is 93.4 cm³/mol. The molecule has 3 atom stereocenters. The second-order valence-corrected chi connectivity index (χ2v) is 7.17. The molecule has 1 aromatic rings. The first-order valence-corrected chi connectivity index (χ1v) is 9.03. The molecule has 6 heteroatoms. The van der Waals surface area contributed by atoms with Gasteiger partial charge in [-0.15, -0.1) is 0 Å². The molecule has 1 aromatic heterocycles. The average molecular weight is 346 g/mol. The Kier molecular flexibility index (Phi) is 4.47. The Morgan fingerprint density at radius 3 is 2.64 bits per heavy atom. The first-order valence-electron chi connectivity index (χ1n) is 9.03. The Balaban J connectivity index is 1.98. The van der Waals surface area contributed by atoms with E-state index in [2.05, 4.69) is 0 Å². The van der Waals surface area contributed by atoms with E-state index < -0.39 is 5.41 Å². The number of carbonyl (C=O) groups excluding carboxylic acids is 2. The molecule has 2 fully saturated rings. The number of aryl methyl sites for hydroxylation is 1. The molecule has 0 aliphatic carbocycles. The highest BCUT2D eigenvalue weighted by molar-refractivity contribution is 5.94. The van der Waals surface area contributed by atoms with Crippen LogP contribution in [0.1, 0.15) is 55.7 Å². The molecule has 2 aliphatic heterocycles. The van der Waals surface area contributed by atoms with Crippen LogP contribution in [0, 0.1) is 12.3 Å². The summed E-state index contributed by atoms with van der Waals surface area (Å²) in [6.45, 7) is 5.95. The fourth-order valence-electron chi connectivity index (χ4n) is 4.61. The highest BCUT2D eigenvalue weighted by atomic mass is 16.5. The fourth-order valence-corrected chi connectivity index (χ4v) is 4.61. The number of fused-ring (bicyclic) bond motifs is 2. The Labute approximate surface area is 147 Å². The lowest BCUT2D eigenvalue weighted by Crippen LogP contribution is -2.46. The van der Waals surface area contributed by atoms with Gasteiger partial charge in [0, 0.05) is 37.0 Å². The molecule has 2 aliphatic rings. The molecule has 0 radical (unpaired) electrons.